The Morgan fingerprint density at radius 1 is 1.00 bits per heavy atom. The first-order valence-electron chi connectivity index (χ1n) is 8.12. The highest BCUT2D eigenvalue weighted by molar-refractivity contribution is 5.78. The normalized spacial score (nSPS) is 10.4. The van der Waals surface area contributed by atoms with Gasteiger partial charge in [0.05, 0.1) is 13.0 Å². The predicted molar refractivity (Wildman–Crippen MR) is 93.9 cm³/mol. The number of hydrogen-bond acceptors (Lipinski definition) is 2. The van der Waals surface area contributed by atoms with Gasteiger partial charge in [-0.1, -0.05) is 37.3 Å². The molecule has 3 nitrogen and oxygen atoms in total. The largest absolute Gasteiger partial charge is 0.492 e. The molecule has 0 aliphatic carbocycles. The van der Waals surface area contributed by atoms with Crippen molar-refractivity contribution >= 4 is 5.91 Å². The summed E-state index contributed by atoms with van der Waals surface area (Å²) in [5.74, 6) is 0.880. The molecule has 122 valence electrons. The fourth-order valence-electron chi connectivity index (χ4n) is 2.52. The third-order valence-electron chi connectivity index (χ3n) is 3.68. The number of carbonyl (C=O) groups is 1. The van der Waals surface area contributed by atoms with Crippen LogP contribution < -0.4 is 10.1 Å². The summed E-state index contributed by atoms with van der Waals surface area (Å²) in [5, 5.41) is 2.90. The van der Waals surface area contributed by atoms with E-state index >= 15 is 0 Å². The third-order valence-corrected chi connectivity index (χ3v) is 3.68. The molecule has 2 aromatic carbocycles. The molecule has 0 aliphatic heterocycles. The Morgan fingerprint density at radius 3 is 2.22 bits per heavy atom. The maximum absolute atomic E-state index is 11.9. The maximum atomic E-state index is 11.9. The Morgan fingerprint density at radius 2 is 1.61 bits per heavy atom. The van der Waals surface area contributed by atoms with Crippen molar-refractivity contribution in [3.8, 4) is 5.75 Å². The van der Waals surface area contributed by atoms with E-state index in [4.69, 9.17) is 4.74 Å². The Kier molecular flexibility index (Phi) is 6.21. The minimum absolute atomic E-state index is 0.0262. The summed E-state index contributed by atoms with van der Waals surface area (Å²) in [6.07, 6.45) is 1.43. The Bertz CT molecular complexity index is 627. The van der Waals surface area contributed by atoms with Crippen LogP contribution in [0.15, 0.2) is 42.5 Å². The van der Waals surface area contributed by atoms with E-state index in [1.54, 1.807) is 0 Å². The number of aryl methyl sites for hydroxylation is 3. The van der Waals surface area contributed by atoms with Gasteiger partial charge in [-0.05, 0) is 54.7 Å². The van der Waals surface area contributed by atoms with E-state index in [1.165, 1.54) is 16.7 Å². The highest BCUT2D eigenvalue weighted by Gasteiger charge is 2.03. The van der Waals surface area contributed by atoms with Crippen LogP contribution in [-0.2, 0) is 17.6 Å². The van der Waals surface area contributed by atoms with Gasteiger partial charge in [-0.2, -0.15) is 0 Å². The summed E-state index contributed by atoms with van der Waals surface area (Å²) in [6.45, 7) is 7.20. The number of hydrogen-bond donors (Lipinski definition) is 1. The monoisotopic (exact) mass is 311 g/mol. The van der Waals surface area contributed by atoms with Crippen LogP contribution in [0.25, 0.3) is 0 Å². The van der Waals surface area contributed by atoms with E-state index in [0.29, 0.717) is 19.6 Å². The zero-order chi connectivity index (χ0) is 16.7. The lowest BCUT2D eigenvalue weighted by Gasteiger charge is -2.09. The van der Waals surface area contributed by atoms with Crippen molar-refractivity contribution in [3.63, 3.8) is 0 Å². The molecule has 3 heteroatoms. The Balaban J connectivity index is 1.71. The molecule has 0 saturated heterocycles. The molecule has 0 fully saturated rings. The Labute approximate surface area is 138 Å². The van der Waals surface area contributed by atoms with Crippen LogP contribution in [0.3, 0.4) is 0 Å². The Hall–Kier alpha value is -2.29. The van der Waals surface area contributed by atoms with Gasteiger partial charge in [-0.25, -0.2) is 0 Å². The molecule has 0 spiro atoms. The topological polar surface area (TPSA) is 38.3 Å². The molecule has 0 heterocycles. The van der Waals surface area contributed by atoms with Gasteiger partial charge in [0.2, 0.25) is 5.91 Å². The summed E-state index contributed by atoms with van der Waals surface area (Å²) in [4.78, 5) is 11.9. The molecule has 23 heavy (non-hydrogen) atoms. The second-order valence-corrected chi connectivity index (χ2v) is 5.87. The number of carbonyl (C=O) groups excluding carboxylic acids is 1. The molecule has 2 aromatic rings. The number of rotatable bonds is 7. The van der Waals surface area contributed by atoms with Crippen LogP contribution in [0.1, 0.15) is 29.2 Å². The van der Waals surface area contributed by atoms with Gasteiger partial charge in [0.15, 0.2) is 0 Å². The lowest BCUT2D eigenvalue weighted by Crippen LogP contribution is -2.29. The lowest BCUT2D eigenvalue weighted by atomic mass is 10.1. The first-order valence-corrected chi connectivity index (χ1v) is 8.12. The molecule has 0 radical (unpaired) electrons. The molecule has 0 bridgehead atoms. The maximum Gasteiger partial charge on any atom is 0.224 e. The van der Waals surface area contributed by atoms with Gasteiger partial charge in [-0.15, -0.1) is 0 Å². The summed E-state index contributed by atoms with van der Waals surface area (Å²) in [6, 6.07) is 14.3. The molecular formula is C20H25NO2. The summed E-state index contributed by atoms with van der Waals surface area (Å²) >= 11 is 0. The van der Waals surface area contributed by atoms with Crippen molar-refractivity contribution in [2.45, 2.75) is 33.6 Å². The minimum atomic E-state index is 0.0262. The SMILES string of the molecule is CCc1ccc(CC(=O)NCCOc2cc(C)cc(C)c2)cc1. The van der Waals surface area contributed by atoms with Crippen molar-refractivity contribution in [1.29, 1.82) is 0 Å². The second kappa shape index (κ2) is 8.37. The number of nitrogens with one attached hydrogen (secondary N) is 1. The van der Waals surface area contributed by atoms with Gasteiger partial charge >= 0.3 is 0 Å². The molecule has 1 amide bonds. The third kappa shape index (κ3) is 5.78. The highest BCUT2D eigenvalue weighted by Crippen LogP contribution is 2.15. The molecule has 0 atom stereocenters. The lowest BCUT2D eigenvalue weighted by molar-refractivity contribution is -0.120. The number of ether oxygens (including phenoxy) is 1. The van der Waals surface area contributed by atoms with E-state index in [2.05, 4.69) is 30.4 Å². The van der Waals surface area contributed by atoms with Crippen LogP contribution in [0, 0.1) is 13.8 Å². The van der Waals surface area contributed by atoms with Gasteiger partial charge < -0.3 is 10.1 Å². The first-order chi connectivity index (χ1) is 11.1. The van der Waals surface area contributed by atoms with Crippen LogP contribution >= 0.6 is 0 Å². The molecule has 2 rings (SSSR count). The van der Waals surface area contributed by atoms with Crippen LogP contribution in [0.2, 0.25) is 0 Å². The van der Waals surface area contributed by atoms with Crippen LogP contribution in [-0.4, -0.2) is 19.1 Å². The molecule has 1 N–H and O–H groups in total. The number of benzene rings is 2. The second-order valence-electron chi connectivity index (χ2n) is 5.87. The van der Waals surface area contributed by atoms with Crippen LogP contribution in [0.4, 0.5) is 0 Å². The zero-order valence-electron chi connectivity index (χ0n) is 14.2. The van der Waals surface area contributed by atoms with Gasteiger partial charge in [-0.3, -0.25) is 4.79 Å². The van der Waals surface area contributed by atoms with Gasteiger partial charge in [0.25, 0.3) is 0 Å². The van der Waals surface area contributed by atoms with E-state index in [1.807, 2.05) is 38.1 Å². The summed E-state index contributed by atoms with van der Waals surface area (Å²) in [5.41, 5.74) is 4.69. The standard InChI is InChI=1S/C20H25NO2/c1-4-17-5-7-18(8-6-17)14-20(22)21-9-10-23-19-12-15(2)11-16(3)13-19/h5-8,11-13H,4,9-10,14H2,1-3H3,(H,21,22). The fraction of sp³-hybridized carbons (Fsp3) is 0.350. The van der Waals surface area contributed by atoms with Gasteiger partial charge in [0, 0.05) is 0 Å². The summed E-state index contributed by atoms with van der Waals surface area (Å²) < 4.78 is 5.68. The molecule has 0 aromatic heterocycles. The van der Waals surface area contributed by atoms with E-state index in [9.17, 15) is 4.79 Å². The average molecular weight is 311 g/mol. The van der Waals surface area contributed by atoms with Crippen molar-refractivity contribution in [2.24, 2.45) is 0 Å². The molecule has 0 aliphatic rings. The zero-order valence-corrected chi connectivity index (χ0v) is 14.2. The summed E-state index contributed by atoms with van der Waals surface area (Å²) in [7, 11) is 0. The highest BCUT2D eigenvalue weighted by atomic mass is 16.5. The molecule has 0 unspecified atom stereocenters. The van der Waals surface area contributed by atoms with E-state index in [-0.39, 0.29) is 5.91 Å². The molecule has 0 saturated carbocycles. The fourth-order valence-corrected chi connectivity index (χ4v) is 2.52. The quantitative estimate of drug-likeness (QED) is 0.793. The first kappa shape index (κ1) is 17.1. The predicted octanol–water partition coefficient (Wildman–Crippen LogP) is 3.60. The minimum Gasteiger partial charge on any atom is -0.492 e. The average Bonchev–Trinajstić information content (AvgIpc) is 2.51. The van der Waals surface area contributed by atoms with Crippen LogP contribution in [0.5, 0.6) is 5.75 Å². The van der Waals surface area contributed by atoms with Crippen molar-refractivity contribution in [2.75, 3.05) is 13.2 Å². The van der Waals surface area contributed by atoms with E-state index in [0.717, 1.165) is 17.7 Å². The van der Waals surface area contributed by atoms with Crippen molar-refractivity contribution in [1.82, 2.24) is 5.32 Å². The van der Waals surface area contributed by atoms with Crippen molar-refractivity contribution in [3.05, 3.63) is 64.7 Å². The van der Waals surface area contributed by atoms with Crippen molar-refractivity contribution < 1.29 is 9.53 Å². The number of amides is 1. The smallest absolute Gasteiger partial charge is 0.224 e. The van der Waals surface area contributed by atoms with E-state index < -0.39 is 0 Å². The molecular weight excluding hydrogens is 286 g/mol. The van der Waals surface area contributed by atoms with Gasteiger partial charge in [0.1, 0.15) is 12.4 Å².